The summed E-state index contributed by atoms with van der Waals surface area (Å²) in [6, 6.07) is 3.47. The molecule has 1 fully saturated rings. The second kappa shape index (κ2) is 4.16. The number of hydrogen-bond donors (Lipinski definition) is 1. The third kappa shape index (κ3) is 2.11. The van der Waals surface area contributed by atoms with Crippen molar-refractivity contribution in [1.29, 1.82) is 0 Å². The van der Waals surface area contributed by atoms with E-state index in [1.807, 2.05) is 0 Å². The number of nitrogens with zero attached hydrogens (tertiary/aromatic N) is 2. The Hall–Kier alpha value is -1.13. The second-order valence-electron chi connectivity index (χ2n) is 3.64. The predicted molar refractivity (Wildman–Crippen MR) is 57.7 cm³/mol. The Bertz CT molecular complexity index is 383. The first kappa shape index (κ1) is 10.4. The molecule has 2 N–H and O–H groups in total. The first-order chi connectivity index (χ1) is 7.18. The van der Waals surface area contributed by atoms with Gasteiger partial charge in [-0.25, -0.2) is 4.98 Å². The monoisotopic (exact) mass is 225 g/mol. The van der Waals surface area contributed by atoms with Crippen molar-refractivity contribution in [2.75, 3.05) is 13.1 Å². The van der Waals surface area contributed by atoms with Crippen molar-refractivity contribution < 1.29 is 4.79 Å². The number of nitrogens with two attached hydrogens (primary N) is 1. The van der Waals surface area contributed by atoms with Gasteiger partial charge in [-0.3, -0.25) is 4.79 Å². The summed E-state index contributed by atoms with van der Waals surface area (Å²) in [4.78, 5) is 17.6. The average Bonchev–Trinajstić information content (AvgIpc) is 2.65. The van der Waals surface area contributed by atoms with Gasteiger partial charge in [-0.2, -0.15) is 0 Å². The molecule has 80 valence electrons. The SMILES string of the molecule is NC1CCN(C(=O)c2cccnc2Cl)C1. The Kier molecular flexibility index (Phi) is 2.88. The topological polar surface area (TPSA) is 59.2 Å². The van der Waals surface area contributed by atoms with Crippen LogP contribution in [0.3, 0.4) is 0 Å². The highest BCUT2D eigenvalue weighted by molar-refractivity contribution is 6.32. The molecule has 1 aromatic rings. The number of amides is 1. The van der Waals surface area contributed by atoms with Crippen molar-refractivity contribution in [1.82, 2.24) is 9.88 Å². The van der Waals surface area contributed by atoms with Gasteiger partial charge in [-0.1, -0.05) is 11.6 Å². The summed E-state index contributed by atoms with van der Waals surface area (Å²) in [6.45, 7) is 1.30. The molecule has 0 bridgehead atoms. The molecular weight excluding hydrogens is 214 g/mol. The summed E-state index contributed by atoms with van der Waals surface area (Å²) in [6.07, 6.45) is 2.42. The molecule has 1 aromatic heterocycles. The molecule has 5 heteroatoms. The van der Waals surface area contributed by atoms with Crippen LogP contribution in [0.15, 0.2) is 18.3 Å². The van der Waals surface area contributed by atoms with Crippen LogP contribution < -0.4 is 5.73 Å². The molecule has 4 nitrogen and oxygen atoms in total. The van der Waals surface area contributed by atoms with Crippen LogP contribution >= 0.6 is 11.6 Å². The highest BCUT2D eigenvalue weighted by Gasteiger charge is 2.25. The van der Waals surface area contributed by atoms with Gasteiger partial charge in [0.05, 0.1) is 5.56 Å². The van der Waals surface area contributed by atoms with E-state index in [9.17, 15) is 4.79 Å². The molecule has 1 atom stereocenters. The van der Waals surface area contributed by atoms with E-state index in [-0.39, 0.29) is 17.1 Å². The fourth-order valence-corrected chi connectivity index (χ4v) is 1.89. The van der Waals surface area contributed by atoms with Crippen molar-refractivity contribution in [2.45, 2.75) is 12.5 Å². The number of likely N-dealkylation sites (tertiary alicyclic amines) is 1. The lowest BCUT2D eigenvalue weighted by atomic mass is 10.2. The normalized spacial score (nSPS) is 20.7. The van der Waals surface area contributed by atoms with Gasteiger partial charge < -0.3 is 10.6 Å². The maximum atomic E-state index is 12.0. The molecule has 1 aliphatic heterocycles. The average molecular weight is 226 g/mol. The molecule has 0 aromatic carbocycles. The molecule has 1 unspecified atom stereocenters. The number of carbonyl (C=O) groups is 1. The van der Waals surface area contributed by atoms with Crippen molar-refractivity contribution in [3.8, 4) is 0 Å². The summed E-state index contributed by atoms with van der Waals surface area (Å²) < 4.78 is 0. The number of halogens is 1. The standard InChI is InChI=1S/C10H12ClN3O/c11-9-8(2-1-4-13-9)10(15)14-5-3-7(12)6-14/h1-2,4,7H,3,5-6,12H2. The van der Waals surface area contributed by atoms with Gasteiger partial charge in [0.2, 0.25) is 0 Å². The molecule has 0 saturated carbocycles. The van der Waals surface area contributed by atoms with Gasteiger partial charge in [-0.05, 0) is 18.6 Å². The fraction of sp³-hybridized carbons (Fsp3) is 0.400. The van der Waals surface area contributed by atoms with Crippen molar-refractivity contribution in [2.24, 2.45) is 5.73 Å². The van der Waals surface area contributed by atoms with Crippen LogP contribution in [-0.4, -0.2) is 34.9 Å². The van der Waals surface area contributed by atoms with Crippen LogP contribution in [0.25, 0.3) is 0 Å². The van der Waals surface area contributed by atoms with Crippen molar-refractivity contribution in [3.05, 3.63) is 29.0 Å². The van der Waals surface area contributed by atoms with E-state index in [4.69, 9.17) is 17.3 Å². The van der Waals surface area contributed by atoms with Gasteiger partial charge in [0.1, 0.15) is 5.15 Å². The Morgan fingerprint density at radius 3 is 3.07 bits per heavy atom. The Labute approximate surface area is 93.0 Å². The molecular formula is C10H12ClN3O. The zero-order valence-electron chi connectivity index (χ0n) is 8.19. The zero-order chi connectivity index (χ0) is 10.8. The Morgan fingerprint density at radius 1 is 1.67 bits per heavy atom. The summed E-state index contributed by atoms with van der Waals surface area (Å²) >= 11 is 5.84. The molecule has 0 spiro atoms. The summed E-state index contributed by atoms with van der Waals surface area (Å²) in [5.74, 6) is -0.0824. The number of aromatic nitrogens is 1. The van der Waals surface area contributed by atoms with Crippen LogP contribution in [0.2, 0.25) is 5.15 Å². The van der Waals surface area contributed by atoms with Crippen molar-refractivity contribution in [3.63, 3.8) is 0 Å². The third-order valence-corrected chi connectivity index (χ3v) is 2.80. The highest BCUT2D eigenvalue weighted by Crippen LogP contribution is 2.17. The fourth-order valence-electron chi connectivity index (χ4n) is 1.69. The van der Waals surface area contributed by atoms with Crippen LogP contribution in [-0.2, 0) is 0 Å². The molecule has 2 heterocycles. The number of carbonyl (C=O) groups excluding carboxylic acids is 1. The minimum absolute atomic E-state index is 0.0824. The lowest BCUT2D eigenvalue weighted by Crippen LogP contribution is -2.32. The smallest absolute Gasteiger partial charge is 0.257 e. The Balaban J connectivity index is 2.18. The lowest BCUT2D eigenvalue weighted by Gasteiger charge is -2.15. The lowest BCUT2D eigenvalue weighted by molar-refractivity contribution is 0.0790. The van der Waals surface area contributed by atoms with Crippen LogP contribution in [0.4, 0.5) is 0 Å². The van der Waals surface area contributed by atoms with E-state index in [1.165, 1.54) is 0 Å². The van der Waals surface area contributed by atoms with E-state index in [0.717, 1.165) is 6.42 Å². The quantitative estimate of drug-likeness (QED) is 0.723. The van der Waals surface area contributed by atoms with E-state index >= 15 is 0 Å². The number of rotatable bonds is 1. The minimum Gasteiger partial charge on any atom is -0.337 e. The van der Waals surface area contributed by atoms with Gasteiger partial charge in [0.25, 0.3) is 5.91 Å². The molecule has 15 heavy (non-hydrogen) atoms. The number of pyridine rings is 1. The minimum atomic E-state index is -0.0824. The summed E-state index contributed by atoms with van der Waals surface area (Å²) in [5, 5.41) is 0.253. The molecule has 0 radical (unpaired) electrons. The van der Waals surface area contributed by atoms with E-state index in [2.05, 4.69) is 4.98 Å². The largest absolute Gasteiger partial charge is 0.337 e. The maximum absolute atomic E-state index is 12.0. The van der Waals surface area contributed by atoms with Crippen LogP contribution in [0.5, 0.6) is 0 Å². The molecule has 2 rings (SSSR count). The van der Waals surface area contributed by atoms with Gasteiger partial charge in [0, 0.05) is 25.3 Å². The third-order valence-electron chi connectivity index (χ3n) is 2.50. The van der Waals surface area contributed by atoms with Gasteiger partial charge in [-0.15, -0.1) is 0 Å². The summed E-state index contributed by atoms with van der Waals surface area (Å²) in [7, 11) is 0. The second-order valence-corrected chi connectivity index (χ2v) is 4.00. The van der Waals surface area contributed by atoms with Crippen molar-refractivity contribution >= 4 is 17.5 Å². The molecule has 1 amide bonds. The number of hydrogen-bond acceptors (Lipinski definition) is 3. The van der Waals surface area contributed by atoms with Crippen LogP contribution in [0.1, 0.15) is 16.8 Å². The summed E-state index contributed by atoms with van der Waals surface area (Å²) in [5.41, 5.74) is 6.19. The predicted octanol–water partition coefficient (Wildman–Crippen LogP) is 0.908. The molecule has 0 aliphatic carbocycles. The molecule has 1 saturated heterocycles. The first-order valence-corrected chi connectivity index (χ1v) is 5.21. The first-order valence-electron chi connectivity index (χ1n) is 4.84. The van der Waals surface area contributed by atoms with Crippen LogP contribution in [0, 0.1) is 0 Å². The van der Waals surface area contributed by atoms with E-state index in [0.29, 0.717) is 18.7 Å². The zero-order valence-corrected chi connectivity index (χ0v) is 8.94. The van der Waals surface area contributed by atoms with E-state index < -0.39 is 0 Å². The van der Waals surface area contributed by atoms with Gasteiger partial charge >= 0.3 is 0 Å². The van der Waals surface area contributed by atoms with Gasteiger partial charge in [0.15, 0.2) is 0 Å². The Morgan fingerprint density at radius 2 is 2.47 bits per heavy atom. The van der Waals surface area contributed by atoms with E-state index in [1.54, 1.807) is 23.2 Å². The highest BCUT2D eigenvalue weighted by atomic mass is 35.5. The maximum Gasteiger partial charge on any atom is 0.257 e. The molecule has 1 aliphatic rings.